The minimum Gasteiger partial charge on any atom is -0.207 e. The summed E-state index contributed by atoms with van der Waals surface area (Å²) in [4.78, 5) is 0.487. The lowest BCUT2D eigenvalue weighted by atomic mass is 9.53. The zero-order chi connectivity index (χ0) is 16.4. The van der Waals surface area contributed by atoms with Crippen LogP contribution in [-0.2, 0) is 10.0 Å². The Bertz CT molecular complexity index is 702. The standard InChI is InChI=1S/C19H27NO2S/c1-13-4-5-18(14(2)6-13)23(21,22)20(3)19-10-15-7-16(11-19)9-17(8-15)12-19/h4-6,15-17H,7-12H2,1-3H3. The molecule has 5 rings (SSSR count). The van der Waals surface area contributed by atoms with Crippen molar-refractivity contribution >= 4 is 10.0 Å². The van der Waals surface area contributed by atoms with Crippen molar-refractivity contribution in [3.05, 3.63) is 29.3 Å². The van der Waals surface area contributed by atoms with Crippen molar-refractivity contribution < 1.29 is 8.42 Å². The van der Waals surface area contributed by atoms with E-state index in [9.17, 15) is 8.42 Å². The molecule has 0 aliphatic heterocycles. The maximum atomic E-state index is 13.3. The van der Waals surface area contributed by atoms with Crippen molar-refractivity contribution in [1.82, 2.24) is 4.31 Å². The average molecular weight is 333 g/mol. The van der Waals surface area contributed by atoms with Gasteiger partial charge in [0.05, 0.1) is 4.90 Å². The Morgan fingerprint density at radius 1 is 1.00 bits per heavy atom. The summed E-state index contributed by atoms with van der Waals surface area (Å²) in [5.74, 6) is 2.24. The van der Waals surface area contributed by atoms with Crippen LogP contribution in [0.4, 0.5) is 0 Å². The summed E-state index contributed by atoms with van der Waals surface area (Å²) >= 11 is 0. The van der Waals surface area contributed by atoms with Gasteiger partial charge < -0.3 is 0 Å². The molecule has 4 heteroatoms. The summed E-state index contributed by atoms with van der Waals surface area (Å²) in [6.45, 7) is 3.92. The first-order valence-corrected chi connectivity index (χ1v) is 10.3. The van der Waals surface area contributed by atoms with E-state index in [-0.39, 0.29) is 5.54 Å². The largest absolute Gasteiger partial charge is 0.243 e. The van der Waals surface area contributed by atoms with E-state index in [2.05, 4.69) is 0 Å². The van der Waals surface area contributed by atoms with Gasteiger partial charge in [0.2, 0.25) is 10.0 Å². The molecule has 0 amide bonds. The van der Waals surface area contributed by atoms with Gasteiger partial charge in [-0.05, 0) is 81.8 Å². The molecule has 4 aliphatic carbocycles. The highest BCUT2D eigenvalue weighted by Gasteiger charge is 2.55. The fourth-order valence-electron chi connectivity index (χ4n) is 5.94. The summed E-state index contributed by atoms with van der Waals surface area (Å²) in [6, 6.07) is 5.67. The smallest absolute Gasteiger partial charge is 0.207 e. The molecule has 0 heterocycles. The van der Waals surface area contributed by atoms with Crippen LogP contribution in [0.15, 0.2) is 23.1 Å². The van der Waals surface area contributed by atoms with Crippen LogP contribution in [0, 0.1) is 31.6 Å². The Morgan fingerprint density at radius 3 is 2.00 bits per heavy atom. The number of aryl methyl sites for hydroxylation is 2. The van der Waals surface area contributed by atoms with E-state index in [1.165, 1.54) is 19.3 Å². The van der Waals surface area contributed by atoms with Crippen LogP contribution >= 0.6 is 0 Å². The van der Waals surface area contributed by atoms with E-state index in [0.717, 1.165) is 48.1 Å². The normalized spacial score (nSPS) is 35.9. The molecule has 4 aliphatic rings. The Balaban J connectivity index is 1.72. The second-order valence-corrected chi connectivity index (χ2v) is 10.3. The third kappa shape index (κ3) is 2.37. The molecule has 1 aromatic rings. The SMILES string of the molecule is Cc1ccc(S(=O)(=O)N(C)C23CC4CC(CC(C4)C2)C3)c(C)c1. The first-order chi connectivity index (χ1) is 10.8. The number of hydrogen-bond donors (Lipinski definition) is 0. The van der Waals surface area contributed by atoms with Gasteiger partial charge in [0.15, 0.2) is 0 Å². The molecule has 4 saturated carbocycles. The monoisotopic (exact) mass is 333 g/mol. The summed E-state index contributed by atoms with van der Waals surface area (Å²) < 4.78 is 28.4. The van der Waals surface area contributed by atoms with Gasteiger partial charge in [0, 0.05) is 12.6 Å². The van der Waals surface area contributed by atoms with Gasteiger partial charge in [-0.3, -0.25) is 0 Å². The molecule has 126 valence electrons. The van der Waals surface area contributed by atoms with Crippen LogP contribution in [0.2, 0.25) is 0 Å². The summed E-state index contributed by atoms with van der Waals surface area (Å²) in [5, 5.41) is 0. The molecular formula is C19H27NO2S. The maximum Gasteiger partial charge on any atom is 0.243 e. The Hall–Kier alpha value is -0.870. The minimum atomic E-state index is -3.42. The van der Waals surface area contributed by atoms with Crippen molar-refractivity contribution in [2.24, 2.45) is 17.8 Å². The maximum absolute atomic E-state index is 13.3. The third-order valence-corrected chi connectivity index (χ3v) is 8.77. The van der Waals surface area contributed by atoms with E-state index in [1.807, 2.05) is 33.0 Å². The highest BCUT2D eigenvalue weighted by atomic mass is 32.2. The van der Waals surface area contributed by atoms with Gasteiger partial charge in [-0.1, -0.05) is 17.7 Å². The molecule has 0 spiro atoms. The van der Waals surface area contributed by atoms with E-state index >= 15 is 0 Å². The molecule has 0 saturated heterocycles. The summed E-state index contributed by atoms with van der Waals surface area (Å²) in [6.07, 6.45) is 7.20. The predicted molar refractivity (Wildman–Crippen MR) is 91.8 cm³/mol. The van der Waals surface area contributed by atoms with Gasteiger partial charge >= 0.3 is 0 Å². The Morgan fingerprint density at radius 2 is 1.52 bits per heavy atom. The van der Waals surface area contributed by atoms with Crippen molar-refractivity contribution in [2.45, 2.75) is 62.8 Å². The van der Waals surface area contributed by atoms with Crippen LogP contribution < -0.4 is 0 Å². The fourth-order valence-corrected chi connectivity index (χ4v) is 7.68. The van der Waals surface area contributed by atoms with E-state index in [0.29, 0.717) is 4.90 Å². The number of sulfonamides is 1. The van der Waals surface area contributed by atoms with Gasteiger partial charge in [-0.15, -0.1) is 0 Å². The first kappa shape index (κ1) is 15.6. The summed E-state index contributed by atoms with van der Waals surface area (Å²) in [5.41, 5.74) is 1.85. The highest BCUT2D eigenvalue weighted by molar-refractivity contribution is 7.89. The van der Waals surface area contributed by atoms with Gasteiger partial charge in [-0.2, -0.15) is 4.31 Å². The number of nitrogens with zero attached hydrogens (tertiary/aromatic N) is 1. The van der Waals surface area contributed by atoms with Gasteiger partial charge in [0.25, 0.3) is 0 Å². The lowest BCUT2D eigenvalue weighted by molar-refractivity contribution is -0.0495. The van der Waals surface area contributed by atoms with Crippen LogP contribution in [-0.4, -0.2) is 25.3 Å². The van der Waals surface area contributed by atoms with Crippen molar-refractivity contribution in [3.63, 3.8) is 0 Å². The molecule has 0 N–H and O–H groups in total. The fraction of sp³-hybridized carbons (Fsp3) is 0.684. The molecule has 0 radical (unpaired) electrons. The van der Waals surface area contributed by atoms with Crippen molar-refractivity contribution in [1.29, 1.82) is 0 Å². The lowest BCUT2D eigenvalue weighted by Crippen LogP contribution is -2.60. The number of hydrogen-bond acceptors (Lipinski definition) is 2. The number of benzene rings is 1. The molecule has 1 aromatic carbocycles. The molecular weight excluding hydrogens is 306 g/mol. The first-order valence-electron chi connectivity index (χ1n) is 8.86. The Labute approximate surface area is 140 Å². The van der Waals surface area contributed by atoms with Crippen molar-refractivity contribution in [3.8, 4) is 0 Å². The topological polar surface area (TPSA) is 37.4 Å². The molecule has 3 nitrogen and oxygen atoms in total. The predicted octanol–water partition coefficient (Wildman–Crippen LogP) is 3.89. The second-order valence-electron chi connectivity index (χ2n) is 8.38. The number of rotatable bonds is 3. The van der Waals surface area contributed by atoms with Crippen LogP contribution in [0.5, 0.6) is 0 Å². The molecule has 0 aromatic heterocycles. The van der Waals surface area contributed by atoms with E-state index in [1.54, 1.807) is 10.4 Å². The minimum absolute atomic E-state index is 0.120. The van der Waals surface area contributed by atoms with E-state index < -0.39 is 10.0 Å². The molecule has 23 heavy (non-hydrogen) atoms. The van der Waals surface area contributed by atoms with Gasteiger partial charge in [0.1, 0.15) is 0 Å². The van der Waals surface area contributed by atoms with Crippen LogP contribution in [0.1, 0.15) is 49.7 Å². The lowest BCUT2D eigenvalue weighted by Gasteiger charge is -2.59. The van der Waals surface area contributed by atoms with E-state index in [4.69, 9.17) is 0 Å². The molecule has 0 atom stereocenters. The molecule has 4 bridgehead atoms. The summed E-state index contributed by atoms with van der Waals surface area (Å²) in [7, 11) is -1.58. The van der Waals surface area contributed by atoms with Crippen LogP contribution in [0.25, 0.3) is 0 Å². The zero-order valence-corrected chi connectivity index (χ0v) is 15.2. The zero-order valence-electron chi connectivity index (χ0n) is 14.4. The Kier molecular flexibility index (Phi) is 3.44. The molecule has 4 fully saturated rings. The third-order valence-electron chi connectivity index (χ3n) is 6.64. The molecule has 0 unspecified atom stereocenters. The van der Waals surface area contributed by atoms with Crippen molar-refractivity contribution in [2.75, 3.05) is 7.05 Å². The second kappa shape index (κ2) is 5.06. The quantitative estimate of drug-likeness (QED) is 0.841. The van der Waals surface area contributed by atoms with Crippen LogP contribution in [0.3, 0.4) is 0 Å². The van der Waals surface area contributed by atoms with Gasteiger partial charge in [-0.25, -0.2) is 8.42 Å². The highest BCUT2D eigenvalue weighted by Crippen LogP contribution is 2.58. The average Bonchev–Trinajstić information content (AvgIpc) is 2.44.